The maximum absolute atomic E-state index is 13.4. The van der Waals surface area contributed by atoms with E-state index in [9.17, 15) is 19.5 Å². The molecule has 1 N–H and O–H groups in total. The van der Waals surface area contributed by atoms with Crippen molar-refractivity contribution in [3.05, 3.63) is 56.9 Å². The first kappa shape index (κ1) is 19.3. The van der Waals surface area contributed by atoms with E-state index in [1.165, 1.54) is 0 Å². The number of ether oxygens (including phenoxy) is 2. The van der Waals surface area contributed by atoms with E-state index in [4.69, 9.17) is 14.5 Å². The van der Waals surface area contributed by atoms with E-state index < -0.39 is 11.6 Å². The van der Waals surface area contributed by atoms with Crippen molar-refractivity contribution in [3.8, 4) is 17.1 Å². The monoisotopic (exact) mass is 420 g/mol. The molecule has 31 heavy (non-hydrogen) atoms. The SMILES string of the molecule is CCc1c2c(nc3ccc(O)cc13)-c1cc3c(c(=O)n1C2)COC(=O)C3(CC)OC=O. The van der Waals surface area contributed by atoms with Crippen molar-refractivity contribution in [1.29, 1.82) is 0 Å². The molecule has 1 unspecified atom stereocenters. The summed E-state index contributed by atoms with van der Waals surface area (Å²) in [5, 5.41) is 10.8. The molecule has 0 fully saturated rings. The minimum atomic E-state index is -1.65. The lowest BCUT2D eigenvalue weighted by Gasteiger charge is -2.34. The first-order valence-corrected chi connectivity index (χ1v) is 10.2. The van der Waals surface area contributed by atoms with Crippen LogP contribution in [0.4, 0.5) is 0 Å². The Labute approximate surface area is 177 Å². The second-order valence-electron chi connectivity index (χ2n) is 7.76. The minimum absolute atomic E-state index is 0.137. The smallest absolute Gasteiger partial charge is 0.355 e. The van der Waals surface area contributed by atoms with Gasteiger partial charge in [0, 0.05) is 16.5 Å². The average molecular weight is 420 g/mol. The first-order chi connectivity index (χ1) is 14.9. The maximum Gasteiger partial charge on any atom is 0.355 e. The Hall–Kier alpha value is -3.68. The van der Waals surface area contributed by atoms with E-state index in [1.54, 1.807) is 35.8 Å². The van der Waals surface area contributed by atoms with Gasteiger partial charge in [0.1, 0.15) is 12.4 Å². The van der Waals surface area contributed by atoms with Gasteiger partial charge in [-0.1, -0.05) is 13.8 Å². The van der Waals surface area contributed by atoms with Crippen LogP contribution < -0.4 is 5.56 Å². The van der Waals surface area contributed by atoms with Crippen LogP contribution in [0.25, 0.3) is 22.3 Å². The van der Waals surface area contributed by atoms with Crippen molar-refractivity contribution in [3.63, 3.8) is 0 Å². The topological polar surface area (TPSA) is 108 Å². The summed E-state index contributed by atoms with van der Waals surface area (Å²) in [5.41, 5.74) is 2.57. The lowest BCUT2D eigenvalue weighted by molar-refractivity contribution is -0.182. The Balaban J connectivity index is 1.83. The molecule has 3 aromatic rings. The molecular formula is C23H20N2O6. The van der Waals surface area contributed by atoms with Crippen LogP contribution in [0.1, 0.15) is 42.5 Å². The van der Waals surface area contributed by atoms with Crippen LogP contribution in [-0.4, -0.2) is 27.1 Å². The zero-order valence-corrected chi connectivity index (χ0v) is 17.1. The number of hydrogen-bond acceptors (Lipinski definition) is 7. The number of aromatic hydroxyl groups is 1. The predicted molar refractivity (Wildman–Crippen MR) is 110 cm³/mol. The fraction of sp³-hybridized carbons (Fsp3) is 0.304. The van der Waals surface area contributed by atoms with Gasteiger partial charge >= 0.3 is 5.97 Å². The van der Waals surface area contributed by atoms with Crippen LogP contribution >= 0.6 is 0 Å². The highest BCUT2D eigenvalue weighted by molar-refractivity contribution is 5.90. The number of aromatic nitrogens is 2. The van der Waals surface area contributed by atoms with Crippen LogP contribution in [0.5, 0.6) is 5.75 Å². The summed E-state index contributed by atoms with van der Waals surface area (Å²) in [7, 11) is 0. The molecule has 4 heterocycles. The molecule has 0 radical (unpaired) electrons. The van der Waals surface area contributed by atoms with E-state index in [0.29, 0.717) is 41.0 Å². The number of esters is 1. The largest absolute Gasteiger partial charge is 0.508 e. The van der Waals surface area contributed by atoms with Gasteiger partial charge in [0.05, 0.1) is 29.0 Å². The second kappa shape index (κ2) is 6.66. The summed E-state index contributed by atoms with van der Waals surface area (Å²) in [5.74, 6) is -0.533. The van der Waals surface area contributed by atoms with Gasteiger partial charge in [0.2, 0.25) is 5.60 Å². The number of rotatable bonds is 4. The molecular weight excluding hydrogens is 400 g/mol. The lowest BCUT2D eigenvalue weighted by atomic mass is 9.85. The van der Waals surface area contributed by atoms with E-state index in [2.05, 4.69) is 0 Å². The number of carbonyl (C=O) groups excluding carboxylic acids is 2. The third-order valence-corrected chi connectivity index (χ3v) is 6.36. The van der Waals surface area contributed by atoms with E-state index in [-0.39, 0.29) is 30.8 Å². The Morgan fingerprint density at radius 1 is 1.26 bits per heavy atom. The second-order valence-corrected chi connectivity index (χ2v) is 7.76. The summed E-state index contributed by atoms with van der Waals surface area (Å²) < 4.78 is 12.1. The van der Waals surface area contributed by atoms with Gasteiger partial charge in [0.15, 0.2) is 0 Å². The number of pyridine rings is 2. The normalized spacial score (nSPS) is 18.8. The van der Waals surface area contributed by atoms with Crippen LogP contribution in [0.15, 0.2) is 29.1 Å². The molecule has 1 aromatic carbocycles. The molecule has 1 atom stereocenters. The van der Waals surface area contributed by atoms with E-state index in [0.717, 1.165) is 16.5 Å². The fourth-order valence-electron chi connectivity index (χ4n) is 4.82. The molecule has 2 aliphatic rings. The van der Waals surface area contributed by atoms with Crippen LogP contribution in [-0.2, 0) is 44.2 Å². The van der Waals surface area contributed by atoms with Gasteiger partial charge in [0.25, 0.3) is 12.0 Å². The van der Waals surface area contributed by atoms with Crippen molar-refractivity contribution in [2.24, 2.45) is 0 Å². The molecule has 0 amide bonds. The van der Waals surface area contributed by atoms with Crippen LogP contribution in [0.3, 0.4) is 0 Å². The molecule has 0 spiro atoms. The molecule has 2 aliphatic heterocycles. The van der Waals surface area contributed by atoms with Gasteiger partial charge in [-0.05, 0) is 42.7 Å². The summed E-state index contributed by atoms with van der Waals surface area (Å²) in [6.45, 7) is 4.10. The standard InChI is InChI=1S/C23H20N2O6/c1-3-13-14-7-12(27)5-6-18(14)24-20-15(13)9-25-19(20)8-17-16(21(25)28)10-30-22(29)23(17,4-2)31-11-26/h5-8,11,27H,3-4,9-10H2,1-2H3. The number of phenolic OH excluding ortho intramolecular Hbond substituents is 1. The van der Waals surface area contributed by atoms with Crippen molar-refractivity contribution in [2.75, 3.05) is 0 Å². The van der Waals surface area contributed by atoms with Crippen LogP contribution in [0, 0.1) is 0 Å². The van der Waals surface area contributed by atoms with Gasteiger partial charge in [-0.25, -0.2) is 9.78 Å². The Morgan fingerprint density at radius 3 is 2.77 bits per heavy atom. The molecule has 0 saturated heterocycles. The van der Waals surface area contributed by atoms with Crippen LogP contribution in [0.2, 0.25) is 0 Å². The highest BCUT2D eigenvalue weighted by Crippen LogP contribution is 2.41. The first-order valence-electron chi connectivity index (χ1n) is 10.2. The highest BCUT2D eigenvalue weighted by Gasteiger charge is 2.49. The third kappa shape index (κ3) is 2.47. The van der Waals surface area contributed by atoms with Crippen molar-refractivity contribution < 1.29 is 24.2 Å². The molecule has 8 nitrogen and oxygen atoms in total. The quantitative estimate of drug-likeness (QED) is 0.399. The van der Waals surface area contributed by atoms with E-state index in [1.807, 2.05) is 6.92 Å². The Kier molecular flexibility index (Phi) is 4.15. The molecule has 8 heteroatoms. The van der Waals surface area contributed by atoms with E-state index >= 15 is 0 Å². The number of phenols is 1. The number of carbonyl (C=O) groups is 2. The van der Waals surface area contributed by atoms with Crippen molar-refractivity contribution in [2.45, 2.75) is 45.4 Å². The molecule has 158 valence electrons. The number of nitrogens with zero attached hydrogens (tertiary/aromatic N) is 2. The van der Waals surface area contributed by atoms with Gasteiger partial charge in [-0.15, -0.1) is 0 Å². The zero-order chi connectivity index (χ0) is 21.9. The van der Waals surface area contributed by atoms with Crippen molar-refractivity contribution in [1.82, 2.24) is 9.55 Å². The lowest BCUT2D eigenvalue weighted by Crippen LogP contribution is -2.46. The summed E-state index contributed by atoms with van der Waals surface area (Å²) >= 11 is 0. The number of cyclic esters (lactones) is 1. The van der Waals surface area contributed by atoms with Gasteiger partial charge in [-0.3, -0.25) is 9.59 Å². The summed E-state index contributed by atoms with van der Waals surface area (Å²) in [4.78, 5) is 42.0. The van der Waals surface area contributed by atoms with Gasteiger partial charge in [-0.2, -0.15) is 0 Å². The number of fused-ring (bicyclic) bond motifs is 5. The third-order valence-electron chi connectivity index (χ3n) is 6.36. The molecule has 0 bridgehead atoms. The molecule has 5 rings (SSSR count). The van der Waals surface area contributed by atoms with Gasteiger partial charge < -0.3 is 19.1 Å². The summed E-state index contributed by atoms with van der Waals surface area (Å²) in [6, 6.07) is 6.73. The molecule has 0 aliphatic carbocycles. The predicted octanol–water partition coefficient (Wildman–Crippen LogP) is 2.53. The summed E-state index contributed by atoms with van der Waals surface area (Å²) in [6.07, 6.45) is 0.833. The zero-order valence-electron chi connectivity index (χ0n) is 17.1. The minimum Gasteiger partial charge on any atom is -0.508 e. The Morgan fingerprint density at radius 2 is 2.06 bits per heavy atom. The average Bonchev–Trinajstić information content (AvgIpc) is 3.13. The maximum atomic E-state index is 13.4. The number of aryl methyl sites for hydroxylation is 1. The fourth-order valence-corrected chi connectivity index (χ4v) is 4.82. The number of benzene rings is 1. The Bertz CT molecular complexity index is 1340. The van der Waals surface area contributed by atoms with Crippen molar-refractivity contribution >= 4 is 23.3 Å². The molecule has 0 saturated carbocycles. The highest BCUT2D eigenvalue weighted by atomic mass is 16.6. The number of hydrogen-bond donors (Lipinski definition) is 1. The molecule has 2 aromatic heterocycles.